The lowest BCUT2D eigenvalue weighted by atomic mass is 10.1. The van der Waals surface area contributed by atoms with Crippen LogP contribution in [0.5, 0.6) is 0 Å². The Balaban J connectivity index is 2.01. The first kappa shape index (κ1) is 28.4. The van der Waals surface area contributed by atoms with Gasteiger partial charge in [0, 0.05) is 17.6 Å². The number of nitrogens with zero attached hydrogens (tertiary/aromatic N) is 2. The lowest BCUT2D eigenvalue weighted by Crippen LogP contribution is -2.51. The van der Waals surface area contributed by atoms with Crippen LogP contribution >= 0.6 is 15.9 Å². The summed E-state index contributed by atoms with van der Waals surface area (Å²) in [5.41, 5.74) is 2.21. The lowest BCUT2D eigenvalue weighted by molar-refractivity contribution is -0.139. The molecule has 9 heteroatoms. The van der Waals surface area contributed by atoms with E-state index in [0.717, 1.165) is 21.9 Å². The highest BCUT2D eigenvalue weighted by Gasteiger charge is 2.32. The average molecular weight is 587 g/mol. The zero-order valence-electron chi connectivity index (χ0n) is 21.2. The monoisotopic (exact) mass is 585 g/mol. The molecule has 1 N–H and O–H groups in total. The van der Waals surface area contributed by atoms with E-state index in [1.165, 1.54) is 17.0 Å². The van der Waals surface area contributed by atoms with E-state index in [0.29, 0.717) is 16.7 Å². The zero-order valence-corrected chi connectivity index (χ0v) is 23.6. The number of aryl methyl sites for hydroxylation is 1. The van der Waals surface area contributed by atoms with Gasteiger partial charge in [0.15, 0.2) is 0 Å². The Labute approximate surface area is 227 Å². The van der Waals surface area contributed by atoms with Crippen LogP contribution in [0.3, 0.4) is 0 Å². The van der Waals surface area contributed by atoms with Crippen molar-refractivity contribution in [3.63, 3.8) is 0 Å². The van der Waals surface area contributed by atoms with E-state index in [2.05, 4.69) is 21.2 Å². The van der Waals surface area contributed by atoms with Crippen LogP contribution in [-0.4, -0.2) is 44.3 Å². The molecule has 0 aliphatic carbocycles. The predicted octanol–water partition coefficient (Wildman–Crippen LogP) is 4.90. The Bertz CT molecular complexity index is 1330. The van der Waals surface area contributed by atoms with Gasteiger partial charge in [-0.2, -0.15) is 0 Å². The minimum atomic E-state index is -4.07. The number of sulfonamides is 1. The molecule has 0 heterocycles. The quantitative estimate of drug-likeness (QED) is 0.347. The Hall–Kier alpha value is -3.17. The number of hydrogen-bond acceptors (Lipinski definition) is 4. The summed E-state index contributed by atoms with van der Waals surface area (Å²) in [5.74, 6) is -0.775. The molecule has 2 amide bonds. The minimum Gasteiger partial charge on any atom is -0.354 e. The summed E-state index contributed by atoms with van der Waals surface area (Å²) in [6.07, 6.45) is 0.760. The minimum absolute atomic E-state index is 0.0711. The average Bonchev–Trinajstić information content (AvgIpc) is 2.88. The van der Waals surface area contributed by atoms with E-state index in [1.807, 2.05) is 38.1 Å². The topological polar surface area (TPSA) is 86.8 Å². The number of anilines is 1. The van der Waals surface area contributed by atoms with Crippen LogP contribution in [0.25, 0.3) is 0 Å². The van der Waals surface area contributed by atoms with Gasteiger partial charge >= 0.3 is 0 Å². The number of rotatable bonds is 11. The van der Waals surface area contributed by atoms with E-state index in [-0.39, 0.29) is 17.3 Å². The Morgan fingerprint density at radius 3 is 2.32 bits per heavy atom. The summed E-state index contributed by atoms with van der Waals surface area (Å²) in [5, 5.41) is 2.84. The molecular formula is C28H32BrN3O4S. The van der Waals surface area contributed by atoms with Crippen molar-refractivity contribution in [3.8, 4) is 0 Å². The Morgan fingerprint density at radius 1 is 0.973 bits per heavy atom. The maximum absolute atomic E-state index is 13.8. The highest BCUT2D eigenvalue weighted by Crippen LogP contribution is 2.27. The van der Waals surface area contributed by atoms with Crippen LogP contribution in [0.15, 0.2) is 88.2 Å². The van der Waals surface area contributed by atoms with Gasteiger partial charge in [-0.15, -0.1) is 0 Å². The van der Waals surface area contributed by atoms with Crippen LogP contribution < -0.4 is 9.62 Å². The van der Waals surface area contributed by atoms with Crippen molar-refractivity contribution in [1.82, 2.24) is 10.2 Å². The second kappa shape index (κ2) is 12.9. The molecule has 3 aromatic carbocycles. The molecule has 196 valence electrons. The molecule has 7 nitrogen and oxygen atoms in total. The maximum Gasteiger partial charge on any atom is 0.264 e. The number of benzene rings is 3. The summed E-state index contributed by atoms with van der Waals surface area (Å²) in [4.78, 5) is 28.2. The van der Waals surface area contributed by atoms with Gasteiger partial charge in [-0.3, -0.25) is 13.9 Å². The van der Waals surface area contributed by atoms with Gasteiger partial charge in [0.1, 0.15) is 12.6 Å². The Morgan fingerprint density at radius 2 is 1.68 bits per heavy atom. The van der Waals surface area contributed by atoms with Crippen molar-refractivity contribution in [1.29, 1.82) is 0 Å². The van der Waals surface area contributed by atoms with Crippen LogP contribution in [0.4, 0.5) is 5.69 Å². The van der Waals surface area contributed by atoms with Gasteiger partial charge < -0.3 is 10.2 Å². The first-order valence-corrected chi connectivity index (χ1v) is 14.3. The molecular weight excluding hydrogens is 554 g/mol. The summed E-state index contributed by atoms with van der Waals surface area (Å²) in [6, 6.07) is 21.7. The van der Waals surface area contributed by atoms with Gasteiger partial charge in [-0.25, -0.2) is 8.42 Å². The second-order valence-electron chi connectivity index (χ2n) is 8.78. The molecule has 0 aliphatic heterocycles. The zero-order chi connectivity index (χ0) is 27.0. The molecule has 0 bridgehead atoms. The van der Waals surface area contributed by atoms with E-state index >= 15 is 0 Å². The van der Waals surface area contributed by atoms with Gasteiger partial charge in [0.05, 0.1) is 10.6 Å². The number of carbonyl (C=O) groups excluding carboxylic acids is 2. The summed E-state index contributed by atoms with van der Waals surface area (Å²) in [7, 11) is -4.07. The Kier molecular flexibility index (Phi) is 9.88. The lowest BCUT2D eigenvalue weighted by Gasteiger charge is -2.32. The molecule has 1 atom stereocenters. The molecule has 3 rings (SSSR count). The van der Waals surface area contributed by atoms with Gasteiger partial charge in [-0.05, 0) is 56.2 Å². The van der Waals surface area contributed by atoms with Gasteiger partial charge in [0.25, 0.3) is 10.0 Å². The number of amides is 2. The smallest absolute Gasteiger partial charge is 0.264 e. The van der Waals surface area contributed by atoms with E-state index in [4.69, 9.17) is 0 Å². The van der Waals surface area contributed by atoms with Crippen molar-refractivity contribution in [2.24, 2.45) is 0 Å². The standard InChI is InChI=1S/C28H32BrN3O4S/c1-4-16-30-28(34)22(3)31(19-23-11-8-10-21(2)17-23)27(33)20-32(25-13-9-12-24(29)18-25)37(35,36)26-14-6-5-7-15-26/h5-15,17-18,22H,4,16,19-20H2,1-3H3,(H,30,34). The van der Waals surface area contributed by atoms with Gasteiger partial charge in [-0.1, -0.05) is 76.9 Å². The fourth-order valence-corrected chi connectivity index (χ4v) is 5.68. The number of halogens is 1. The molecule has 0 spiro atoms. The van der Waals surface area contributed by atoms with Crippen LogP contribution in [0, 0.1) is 6.92 Å². The SMILES string of the molecule is CCCNC(=O)C(C)N(Cc1cccc(C)c1)C(=O)CN(c1cccc(Br)c1)S(=O)(=O)c1ccccc1. The summed E-state index contributed by atoms with van der Waals surface area (Å²) in [6.45, 7) is 5.75. The van der Waals surface area contributed by atoms with Crippen molar-refractivity contribution in [2.75, 3.05) is 17.4 Å². The van der Waals surface area contributed by atoms with Crippen LogP contribution in [0.1, 0.15) is 31.4 Å². The molecule has 3 aromatic rings. The molecule has 0 aliphatic rings. The molecule has 0 aromatic heterocycles. The third kappa shape index (κ3) is 7.42. The third-order valence-electron chi connectivity index (χ3n) is 5.86. The second-order valence-corrected chi connectivity index (χ2v) is 11.6. The third-order valence-corrected chi connectivity index (χ3v) is 8.14. The molecule has 37 heavy (non-hydrogen) atoms. The number of carbonyl (C=O) groups is 2. The molecule has 0 saturated heterocycles. The highest BCUT2D eigenvalue weighted by atomic mass is 79.9. The summed E-state index contributed by atoms with van der Waals surface area (Å²) < 4.78 is 29.2. The van der Waals surface area contributed by atoms with Crippen LogP contribution in [0.2, 0.25) is 0 Å². The van der Waals surface area contributed by atoms with Crippen molar-refractivity contribution in [3.05, 3.63) is 94.5 Å². The van der Waals surface area contributed by atoms with Crippen molar-refractivity contribution in [2.45, 2.75) is 44.7 Å². The predicted molar refractivity (Wildman–Crippen MR) is 150 cm³/mol. The van der Waals surface area contributed by atoms with Crippen molar-refractivity contribution < 1.29 is 18.0 Å². The van der Waals surface area contributed by atoms with E-state index in [9.17, 15) is 18.0 Å². The fraction of sp³-hybridized carbons (Fsp3) is 0.286. The summed E-state index contributed by atoms with van der Waals surface area (Å²) >= 11 is 3.40. The van der Waals surface area contributed by atoms with Crippen LogP contribution in [-0.2, 0) is 26.2 Å². The maximum atomic E-state index is 13.8. The molecule has 1 unspecified atom stereocenters. The number of nitrogens with one attached hydrogen (secondary N) is 1. The fourth-order valence-electron chi connectivity index (χ4n) is 3.87. The largest absolute Gasteiger partial charge is 0.354 e. The van der Waals surface area contributed by atoms with E-state index < -0.39 is 28.5 Å². The normalized spacial score (nSPS) is 12.0. The number of hydrogen-bond donors (Lipinski definition) is 1. The molecule has 0 fully saturated rings. The van der Waals surface area contributed by atoms with E-state index in [1.54, 1.807) is 49.4 Å². The first-order chi connectivity index (χ1) is 17.6. The first-order valence-electron chi connectivity index (χ1n) is 12.1. The van der Waals surface area contributed by atoms with Gasteiger partial charge in [0.2, 0.25) is 11.8 Å². The molecule has 0 radical (unpaired) electrons. The highest BCUT2D eigenvalue weighted by molar-refractivity contribution is 9.10. The van der Waals surface area contributed by atoms with Crippen molar-refractivity contribution >= 4 is 43.5 Å². The molecule has 0 saturated carbocycles.